The lowest BCUT2D eigenvalue weighted by atomic mass is 9.99. The van der Waals surface area contributed by atoms with E-state index in [1.165, 1.54) is 24.4 Å². The van der Waals surface area contributed by atoms with Gasteiger partial charge in [-0.15, -0.1) is 11.3 Å². The van der Waals surface area contributed by atoms with Gasteiger partial charge in [0.25, 0.3) is 0 Å². The highest BCUT2D eigenvalue weighted by molar-refractivity contribution is 7.13. The zero-order valence-electron chi connectivity index (χ0n) is 18.2. The van der Waals surface area contributed by atoms with Gasteiger partial charge < -0.3 is 15.4 Å². The Hall–Kier alpha value is -3.97. The third kappa shape index (κ3) is 4.88. The van der Waals surface area contributed by atoms with Crippen LogP contribution >= 0.6 is 22.9 Å². The third-order valence-corrected chi connectivity index (χ3v) is 6.19. The maximum Gasteiger partial charge on any atom is 0.434 e. The lowest BCUT2D eigenvalue weighted by Crippen LogP contribution is -2.28. The zero-order valence-corrected chi connectivity index (χ0v) is 19.7. The number of nitrogens with zero attached hydrogens (tertiary/aromatic N) is 2. The first-order valence-corrected chi connectivity index (χ1v) is 11.4. The second-order valence-electron chi connectivity index (χ2n) is 7.35. The normalized spacial score (nSPS) is 11.5. The number of carbonyl (C=O) groups excluding carboxylic acids is 1. The number of aromatic nitrogens is 3. The van der Waals surface area contributed by atoms with Crippen LogP contribution in [-0.2, 0) is 6.18 Å². The summed E-state index contributed by atoms with van der Waals surface area (Å²) in [6, 6.07) is 3.49. The number of carboxylic acid groups (broad SMARTS) is 1. The van der Waals surface area contributed by atoms with E-state index in [1.807, 2.05) is 0 Å². The maximum absolute atomic E-state index is 13.2. The number of rotatable bonds is 5. The molecule has 0 saturated carbocycles. The first-order chi connectivity index (χ1) is 17.0. The summed E-state index contributed by atoms with van der Waals surface area (Å²) in [5.74, 6) is -1.40. The van der Waals surface area contributed by atoms with Crippen molar-refractivity contribution in [1.29, 1.82) is 0 Å². The van der Waals surface area contributed by atoms with E-state index in [2.05, 4.69) is 25.6 Å². The Morgan fingerprint density at radius 2 is 1.94 bits per heavy atom. The summed E-state index contributed by atoms with van der Waals surface area (Å²) in [5.41, 5.74) is -1.53. The lowest BCUT2D eigenvalue weighted by molar-refractivity contribution is -0.140. The van der Waals surface area contributed by atoms with Crippen molar-refractivity contribution in [3.8, 4) is 21.7 Å². The van der Waals surface area contributed by atoms with Gasteiger partial charge >= 0.3 is 18.2 Å². The quantitative estimate of drug-likeness (QED) is 0.275. The second kappa shape index (κ2) is 9.59. The van der Waals surface area contributed by atoms with Gasteiger partial charge in [0.15, 0.2) is 5.69 Å². The Bertz CT molecular complexity index is 1570. The van der Waals surface area contributed by atoms with Crippen molar-refractivity contribution < 1.29 is 27.9 Å². The highest BCUT2D eigenvalue weighted by Crippen LogP contribution is 2.41. The molecule has 3 heterocycles. The molecule has 1 aromatic carbocycles. The van der Waals surface area contributed by atoms with Crippen molar-refractivity contribution in [1.82, 2.24) is 20.3 Å². The van der Waals surface area contributed by atoms with E-state index in [9.17, 15) is 32.7 Å². The Balaban J connectivity index is 1.94. The number of hydrogen-bond donors (Lipinski definition) is 4. The van der Waals surface area contributed by atoms with E-state index in [4.69, 9.17) is 11.6 Å². The number of benzene rings is 1. The number of pyridine rings is 2. The molecule has 9 nitrogen and oxygen atoms in total. The molecular weight excluding hydrogens is 523 g/mol. The zero-order chi connectivity index (χ0) is 26.2. The SMILES string of the molecule is CCNC(=O)Nc1cc(-c2nc(C(F)(F)F)cs2)c(-c2cc3c(=O)c(C(=O)O)c[nH]c3cc2Cl)cn1. The number of urea groups is 1. The summed E-state index contributed by atoms with van der Waals surface area (Å²) in [5, 5.41) is 15.2. The highest BCUT2D eigenvalue weighted by atomic mass is 35.5. The second-order valence-corrected chi connectivity index (χ2v) is 8.61. The third-order valence-electron chi connectivity index (χ3n) is 5.00. The van der Waals surface area contributed by atoms with E-state index < -0.39 is 34.9 Å². The summed E-state index contributed by atoms with van der Waals surface area (Å²) in [4.78, 5) is 46.6. The molecule has 0 aliphatic heterocycles. The molecule has 4 rings (SSSR count). The smallest absolute Gasteiger partial charge is 0.434 e. The molecule has 0 aliphatic carbocycles. The van der Waals surface area contributed by atoms with Crippen LogP contribution < -0.4 is 16.1 Å². The van der Waals surface area contributed by atoms with Crippen LogP contribution in [0, 0.1) is 0 Å². The number of H-pyrrole nitrogens is 1. The predicted octanol–water partition coefficient (Wildman–Crippen LogP) is 5.23. The molecule has 0 fully saturated rings. The van der Waals surface area contributed by atoms with Crippen molar-refractivity contribution in [2.75, 3.05) is 11.9 Å². The summed E-state index contributed by atoms with van der Waals surface area (Å²) in [6.45, 7) is 2.03. The van der Waals surface area contributed by atoms with Crippen LogP contribution in [0.3, 0.4) is 0 Å². The molecule has 2 amide bonds. The minimum Gasteiger partial charge on any atom is -0.477 e. The molecule has 0 aliphatic rings. The number of thiazole rings is 1. The van der Waals surface area contributed by atoms with Crippen LogP contribution in [0.5, 0.6) is 0 Å². The number of carbonyl (C=O) groups is 2. The Labute approximate surface area is 209 Å². The van der Waals surface area contributed by atoms with Crippen LogP contribution in [0.25, 0.3) is 32.6 Å². The Kier molecular flexibility index (Phi) is 6.69. The van der Waals surface area contributed by atoms with Gasteiger partial charge in [0.1, 0.15) is 16.4 Å². The number of amides is 2. The number of aromatic carboxylic acids is 1. The standard InChI is InChI=1S/C22H15ClF3N5O4S/c1-2-27-21(35)31-17-4-10(19-30-16(8-36-19)22(24,25)26)12(6-29-17)9-3-11-15(5-14(9)23)28-7-13(18(11)32)20(33)34/h3-8H,2H2,1H3,(H,28,32)(H,33,34)(H2,27,29,31,35). The number of fused-ring (bicyclic) bond motifs is 1. The molecule has 0 unspecified atom stereocenters. The molecule has 4 aromatic rings. The first-order valence-electron chi connectivity index (χ1n) is 10.2. The number of carboxylic acids is 1. The van der Waals surface area contributed by atoms with Gasteiger partial charge in [0.05, 0.1) is 10.5 Å². The molecule has 0 spiro atoms. The van der Waals surface area contributed by atoms with E-state index in [0.29, 0.717) is 6.54 Å². The van der Waals surface area contributed by atoms with Gasteiger partial charge in [-0.05, 0) is 25.1 Å². The minimum absolute atomic E-state index is 0.0000977. The molecule has 4 N–H and O–H groups in total. The van der Waals surface area contributed by atoms with Crippen molar-refractivity contribution in [2.45, 2.75) is 13.1 Å². The molecule has 3 aromatic heterocycles. The average Bonchev–Trinajstić information content (AvgIpc) is 3.30. The van der Waals surface area contributed by atoms with Crippen LogP contribution in [0.2, 0.25) is 5.02 Å². The van der Waals surface area contributed by atoms with Crippen LogP contribution in [0.4, 0.5) is 23.8 Å². The van der Waals surface area contributed by atoms with Gasteiger partial charge in [-0.25, -0.2) is 19.6 Å². The van der Waals surface area contributed by atoms with Crippen molar-refractivity contribution >= 4 is 51.7 Å². The maximum atomic E-state index is 13.2. The van der Waals surface area contributed by atoms with Gasteiger partial charge in [-0.2, -0.15) is 13.2 Å². The molecule has 186 valence electrons. The summed E-state index contributed by atoms with van der Waals surface area (Å²) >= 11 is 7.17. The van der Waals surface area contributed by atoms with Gasteiger partial charge in [0.2, 0.25) is 5.43 Å². The van der Waals surface area contributed by atoms with Gasteiger partial charge in [-0.1, -0.05) is 11.6 Å². The van der Waals surface area contributed by atoms with E-state index >= 15 is 0 Å². The van der Waals surface area contributed by atoms with Gasteiger partial charge in [-0.3, -0.25) is 10.1 Å². The Morgan fingerprint density at radius 3 is 2.58 bits per heavy atom. The topological polar surface area (TPSA) is 137 Å². The number of nitrogens with one attached hydrogen (secondary N) is 3. The van der Waals surface area contributed by atoms with E-state index in [1.54, 1.807) is 6.92 Å². The van der Waals surface area contributed by atoms with E-state index in [-0.39, 0.29) is 43.4 Å². The largest absolute Gasteiger partial charge is 0.477 e. The first kappa shape index (κ1) is 25.1. The lowest BCUT2D eigenvalue weighted by Gasteiger charge is -2.13. The number of hydrogen-bond acceptors (Lipinski definition) is 6. The van der Waals surface area contributed by atoms with Crippen LogP contribution in [0.15, 0.2) is 40.8 Å². The van der Waals surface area contributed by atoms with Crippen LogP contribution in [-0.4, -0.2) is 38.6 Å². The average molecular weight is 538 g/mol. The predicted molar refractivity (Wildman–Crippen MR) is 129 cm³/mol. The molecule has 0 bridgehead atoms. The molecular formula is C22H15ClF3N5O4S. The highest BCUT2D eigenvalue weighted by Gasteiger charge is 2.34. The molecule has 14 heteroatoms. The number of anilines is 1. The number of alkyl halides is 3. The number of halogens is 4. The minimum atomic E-state index is -4.68. The van der Waals surface area contributed by atoms with Gasteiger partial charge in [0, 0.05) is 46.4 Å². The summed E-state index contributed by atoms with van der Waals surface area (Å²) in [6.07, 6.45) is -2.36. The molecule has 0 radical (unpaired) electrons. The summed E-state index contributed by atoms with van der Waals surface area (Å²) < 4.78 is 39.7. The number of aromatic amines is 1. The van der Waals surface area contributed by atoms with E-state index in [0.717, 1.165) is 22.9 Å². The van der Waals surface area contributed by atoms with Crippen molar-refractivity contribution in [3.05, 3.63) is 62.5 Å². The van der Waals surface area contributed by atoms with Crippen molar-refractivity contribution in [3.63, 3.8) is 0 Å². The molecule has 0 saturated heterocycles. The summed E-state index contributed by atoms with van der Waals surface area (Å²) in [7, 11) is 0. The fraction of sp³-hybridized carbons (Fsp3) is 0.136. The van der Waals surface area contributed by atoms with Crippen molar-refractivity contribution in [2.24, 2.45) is 0 Å². The molecule has 0 atom stereocenters. The molecule has 36 heavy (non-hydrogen) atoms. The monoisotopic (exact) mass is 537 g/mol. The fourth-order valence-electron chi connectivity index (χ4n) is 3.37. The fourth-order valence-corrected chi connectivity index (χ4v) is 4.49. The Morgan fingerprint density at radius 1 is 1.19 bits per heavy atom. The van der Waals surface area contributed by atoms with Crippen LogP contribution in [0.1, 0.15) is 23.0 Å².